The van der Waals surface area contributed by atoms with E-state index in [-0.39, 0.29) is 54.1 Å². The van der Waals surface area contributed by atoms with Crippen LogP contribution in [0, 0.1) is 16.0 Å². The highest BCUT2D eigenvalue weighted by Crippen LogP contribution is 2.28. The highest BCUT2D eigenvalue weighted by Gasteiger charge is 2.41. The molecule has 33 heavy (non-hydrogen) atoms. The standard InChI is InChI=1S/C20H20N4O8S/c25-17(33)6-12-5-16(18(26)22-13-7-15(19(27)28)21-8-13)23(9-12)20(29)32-10-11-1-3-14(4-2-11)24(30)31/h1-4,7-8,12,16,21H,5-6,9-10H2,(H,22,26)(H,25,33)(H,27,28)/t12-,16-/m0/s1. The number of nitro groups is 1. The molecular weight excluding hydrogens is 456 g/mol. The number of nitrogens with one attached hydrogen (secondary N) is 2. The van der Waals surface area contributed by atoms with Gasteiger partial charge in [-0.25, -0.2) is 9.59 Å². The number of non-ortho nitro benzene ring substituents is 1. The fourth-order valence-corrected chi connectivity index (χ4v) is 3.78. The molecule has 1 aliphatic heterocycles. The third kappa shape index (κ3) is 6.10. The first kappa shape index (κ1) is 23.8. The molecule has 174 valence electrons. The molecular formula is C20H20N4O8S. The Labute approximate surface area is 192 Å². The predicted molar refractivity (Wildman–Crippen MR) is 117 cm³/mol. The third-order valence-corrected chi connectivity index (χ3v) is 5.26. The molecule has 3 N–H and O–H groups in total. The van der Waals surface area contributed by atoms with E-state index in [0.717, 1.165) is 0 Å². The van der Waals surface area contributed by atoms with Crippen molar-refractivity contribution in [3.63, 3.8) is 0 Å². The Hall–Kier alpha value is -3.87. The number of hydrogen-bond donors (Lipinski definition) is 4. The number of amides is 2. The van der Waals surface area contributed by atoms with Crippen LogP contribution in [0.5, 0.6) is 0 Å². The molecule has 0 unspecified atom stereocenters. The number of ether oxygens (including phenoxy) is 1. The maximum Gasteiger partial charge on any atom is 0.410 e. The number of aromatic carboxylic acids is 1. The molecule has 1 saturated heterocycles. The molecule has 0 aliphatic carbocycles. The maximum atomic E-state index is 12.8. The minimum atomic E-state index is -1.19. The van der Waals surface area contributed by atoms with Gasteiger partial charge in [0.25, 0.3) is 5.69 Å². The topological polar surface area (TPSA) is 172 Å². The minimum absolute atomic E-state index is 0.0618. The molecule has 0 bridgehead atoms. The lowest BCUT2D eigenvalue weighted by Gasteiger charge is -2.23. The second kappa shape index (κ2) is 10.2. The molecule has 12 nitrogen and oxygen atoms in total. The fourth-order valence-electron chi connectivity index (χ4n) is 3.53. The number of likely N-dealkylation sites (tertiary alicyclic amines) is 1. The molecule has 0 saturated carbocycles. The van der Waals surface area contributed by atoms with Crippen LogP contribution in [-0.4, -0.2) is 55.6 Å². The molecule has 3 rings (SSSR count). The quantitative estimate of drug-likeness (QED) is 0.255. The maximum absolute atomic E-state index is 12.8. The van der Waals surface area contributed by atoms with Crippen molar-refractivity contribution in [2.24, 2.45) is 5.92 Å². The zero-order valence-electron chi connectivity index (χ0n) is 17.1. The van der Waals surface area contributed by atoms with Gasteiger partial charge in [-0.3, -0.25) is 24.6 Å². The summed E-state index contributed by atoms with van der Waals surface area (Å²) >= 11 is 3.77. The summed E-state index contributed by atoms with van der Waals surface area (Å²) in [5, 5.41) is 21.9. The average Bonchev–Trinajstić information content (AvgIpc) is 3.39. The SMILES string of the molecule is O=C(S)C[C@@H]1C[C@@H](C(=O)Nc2c[nH]c(C(=O)O)c2)N(C(=O)OCc2ccc([N+](=O)[O-])cc2)C1. The van der Waals surface area contributed by atoms with E-state index >= 15 is 0 Å². The molecule has 2 heterocycles. The Balaban J connectivity index is 1.68. The number of aromatic nitrogens is 1. The lowest BCUT2D eigenvalue weighted by atomic mass is 10.0. The summed E-state index contributed by atoms with van der Waals surface area (Å²) in [5.74, 6) is -2.06. The summed E-state index contributed by atoms with van der Waals surface area (Å²) in [7, 11) is 0. The number of carbonyl (C=O) groups is 4. The molecule has 13 heteroatoms. The van der Waals surface area contributed by atoms with Crippen molar-refractivity contribution < 1.29 is 33.9 Å². The first-order chi connectivity index (χ1) is 15.6. The molecule has 0 radical (unpaired) electrons. The number of thiol groups is 1. The molecule has 2 atom stereocenters. The Morgan fingerprint density at radius 3 is 2.55 bits per heavy atom. The van der Waals surface area contributed by atoms with Gasteiger partial charge >= 0.3 is 12.1 Å². The minimum Gasteiger partial charge on any atom is -0.477 e. The first-order valence-corrected chi connectivity index (χ1v) is 10.2. The van der Waals surface area contributed by atoms with Crippen molar-refractivity contribution in [2.45, 2.75) is 25.5 Å². The number of benzene rings is 1. The lowest BCUT2D eigenvalue weighted by Crippen LogP contribution is -2.43. The van der Waals surface area contributed by atoms with Crippen LogP contribution < -0.4 is 5.32 Å². The lowest BCUT2D eigenvalue weighted by molar-refractivity contribution is -0.384. The van der Waals surface area contributed by atoms with E-state index in [9.17, 15) is 29.3 Å². The number of nitrogens with zero attached hydrogens (tertiary/aromatic N) is 2. The van der Waals surface area contributed by atoms with Crippen LogP contribution >= 0.6 is 12.6 Å². The molecule has 2 amide bonds. The van der Waals surface area contributed by atoms with E-state index in [1.807, 2.05) is 0 Å². The number of nitro benzene ring substituents is 1. The number of carbonyl (C=O) groups excluding carboxylic acids is 3. The normalized spacial score (nSPS) is 17.4. The van der Waals surface area contributed by atoms with Gasteiger partial charge in [-0.1, -0.05) is 0 Å². The van der Waals surface area contributed by atoms with Crippen molar-refractivity contribution in [2.75, 3.05) is 11.9 Å². The van der Waals surface area contributed by atoms with Gasteiger partial charge in [0, 0.05) is 31.3 Å². The van der Waals surface area contributed by atoms with Crippen molar-refractivity contribution in [3.8, 4) is 0 Å². The van der Waals surface area contributed by atoms with Gasteiger partial charge in [-0.15, -0.1) is 12.6 Å². The van der Waals surface area contributed by atoms with Crippen LogP contribution in [0.1, 0.15) is 28.9 Å². The van der Waals surface area contributed by atoms with Crippen LogP contribution in [0.4, 0.5) is 16.2 Å². The van der Waals surface area contributed by atoms with E-state index in [4.69, 9.17) is 9.84 Å². The van der Waals surface area contributed by atoms with Crippen molar-refractivity contribution in [1.29, 1.82) is 0 Å². The van der Waals surface area contributed by atoms with E-state index in [1.165, 1.54) is 41.4 Å². The number of carboxylic acids is 1. The highest BCUT2D eigenvalue weighted by molar-refractivity contribution is 7.96. The van der Waals surface area contributed by atoms with E-state index in [0.29, 0.717) is 5.56 Å². The molecule has 2 aromatic rings. The van der Waals surface area contributed by atoms with Crippen LogP contribution in [0.3, 0.4) is 0 Å². The smallest absolute Gasteiger partial charge is 0.410 e. The van der Waals surface area contributed by atoms with E-state index in [2.05, 4.69) is 22.9 Å². The summed E-state index contributed by atoms with van der Waals surface area (Å²) in [6.45, 7) is -0.0748. The van der Waals surface area contributed by atoms with Gasteiger partial charge < -0.3 is 20.1 Å². The molecule has 1 aliphatic rings. The summed E-state index contributed by atoms with van der Waals surface area (Å²) < 4.78 is 5.28. The Morgan fingerprint density at radius 2 is 1.97 bits per heavy atom. The van der Waals surface area contributed by atoms with Crippen molar-refractivity contribution in [1.82, 2.24) is 9.88 Å². The second-order valence-electron chi connectivity index (χ2n) is 7.44. The van der Waals surface area contributed by atoms with Crippen molar-refractivity contribution >= 4 is 47.1 Å². The Kier molecular flexibility index (Phi) is 7.33. The average molecular weight is 476 g/mol. The molecule has 1 aromatic heterocycles. The number of aromatic amines is 1. The summed E-state index contributed by atoms with van der Waals surface area (Å²) in [4.78, 5) is 61.9. The van der Waals surface area contributed by atoms with Crippen LogP contribution in [0.25, 0.3) is 0 Å². The van der Waals surface area contributed by atoms with Gasteiger partial charge in [-0.2, -0.15) is 0 Å². The Bertz CT molecular complexity index is 1080. The number of hydrogen-bond acceptors (Lipinski definition) is 7. The second-order valence-corrected chi connectivity index (χ2v) is 7.94. The molecule has 1 aromatic carbocycles. The third-order valence-electron chi connectivity index (χ3n) is 5.08. The van der Waals surface area contributed by atoms with Gasteiger partial charge in [-0.05, 0) is 36.1 Å². The van der Waals surface area contributed by atoms with E-state index < -0.39 is 28.9 Å². The van der Waals surface area contributed by atoms with E-state index in [1.54, 1.807) is 0 Å². The number of anilines is 1. The van der Waals surface area contributed by atoms with Crippen LogP contribution in [0.15, 0.2) is 36.5 Å². The molecule has 1 fully saturated rings. The zero-order chi connectivity index (χ0) is 24.1. The van der Waals surface area contributed by atoms with Crippen LogP contribution in [-0.2, 0) is 20.9 Å². The number of carboxylic acid groups (broad SMARTS) is 1. The Morgan fingerprint density at radius 1 is 1.27 bits per heavy atom. The van der Waals surface area contributed by atoms with Gasteiger partial charge in [0.05, 0.1) is 10.6 Å². The summed E-state index contributed by atoms with van der Waals surface area (Å²) in [6, 6.07) is 5.76. The summed E-state index contributed by atoms with van der Waals surface area (Å²) in [5.41, 5.74) is 0.515. The fraction of sp³-hybridized carbons (Fsp3) is 0.300. The van der Waals surface area contributed by atoms with Gasteiger partial charge in [0.15, 0.2) is 5.12 Å². The van der Waals surface area contributed by atoms with Crippen molar-refractivity contribution in [3.05, 3.63) is 57.9 Å². The van der Waals surface area contributed by atoms with Gasteiger partial charge in [0.2, 0.25) is 5.91 Å². The predicted octanol–water partition coefficient (Wildman–Crippen LogP) is 2.43. The monoisotopic (exact) mass is 476 g/mol. The zero-order valence-corrected chi connectivity index (χ0v) is 18.0. The number of H-pyrrole nitrogens is 1. The molecule has 0 spiro atoms. The van der Waals surface area contributed by atoms with Crippen LogP contribution in [0.2, 0.25) is 0 Å². The largest absolute Gasteiger partial charge is 0.477 e. The highest BCUT2D eigenvalue weighted by atomic mass is 32.1. The number of rotatable bonds is 8. The first-order valence-electron chi connectivity index (χ1n) is 9.75. The summed E-state index contributed by atoms with van der Waals surface area (Å²) in [6.07, 6.45) is 0.776. The van der Waals surface area contributed by atoms with Gasteiger partial charge in [0.1, 0.15) is 18.3 Å².